The van der Waals surface area contributed by atoms with Gasteiger partial charge in [0.2, 0.25) is 0 Å². The van der Waals surface area contributed by atoms with E-state index in [2.05, 4.69) is 45.0 Å². The maximum absolute atomic E-state index is 11.8. The van der Waals surface area contributed by atoms with Gasteiger partial charge >= 0.3 is 5.97 Å². The number of rotatable bonds is 1. The summed E-state index contributed by atoms with van der Waals surface area (Å²) in [6.45, 7) is 7.37. The molecule has 0 N–H and O–H groups in total. The van der Waals surface area contributed by atoms with Crippen LogP contribution in [0, 0.1) is 0 Å². The van der Waals surface area contributed by atoms with Crippen molar-refractivity contribution in [1.82, 2.24) is 0 Å². The average Bonchev–Trinajstić information content (AvgIpc) is 2.52. The average molecular weight is 305 g/mol. The van der Waals surface area contributed by atoms with E-state index in [1.165, 1.54) is 29.7 Å². The molecule has 0 radical (unpaired) electrons. The zero-order valence-corrected chi connectivity index (χ0v) is 14.0. The topological polar surface area (TPSA) is 26.3 Å². The molecule has 2 saturated heterocycles. The van der Waals surface area contributed by atoms with Crippen LogP contribution < -0.4 is 0 Å². The van der Waals surface area contributed by atoms with Gasteiger partial charge in [0.25, 0.3) is 0 Å². The molecule has 2 aliphatic rings. The highest BCUT2D eigenvalue weighted by Gasteiger charge is 2.47. The Morgan fingerprint density at radius 1 is 1.10 bits per heavy atom. The van der Waals surface area contributed by atoms with Gasteiger partial charge in [0.05, 0.1) is 6.42 Å². The largest absolute Gasteiger partial charge is 0.460 e. The van der Waals surface area contributed by atoms with Gasteiger partial charge in [0.15, 0.2) is 10.1 Å². The Morgan fingerprint density at radius 3 is 2.43 bits per heavy atom. The Labute approximate surface area is 130 Å². The second kappa shape index (κ2) is 5.68. The number of hydrogen-bond donors (Lipinski definition) is 0. The highest BCUT2D eigenvalue weighted by atomic mass is 32.2. The summed E-state index contributed by atoms with van der Waals surface area (Å²) in [4.78, 5) is 13.2. The maximum atomic E-state index is 11.8. The van der Waals surface area contributed by atoms with E-state index in [0.29, 0.717) is 23.5 Å². The van der Waals surface area contributed by atoms with Crippen molar-refractivity contribution in [1.29, 1.82) is 0 Å². The molecule has 1 aromatic rings. The summed E-state index contributed by atoms with van der Waals surface area (Å²) < 4.78 is 5.41. The third kappa shape index (κ3) is 3.13. The lowest BCUT2D eigenvalue weighted by atomic mass is 9.87. The second-order valence-corrected chi connectivity index (χ2v) is 9.76. The Morgan fingerprint density at radius 2 is 1.76 bits per heavy atom. The number of carbonyl (C=O) groups excluding carboxylic acids is 1. The summed E-state index contributed by atoms with van der Waals surface area (Å²) >= 11 is 0. The molecular weight excluding hydrogens is 280 g/mol. The van der Waals surface area contributed by atoms with E-state index in [1.54, 1.807) is 0 Å². The number of carbonyl (C=O) groups is 1. The smallest absolute Gasteiger partial charge is 0.311 e. The molecule has 0 aromatic heterocycles. The molecule has 0 aliphatic carbocycles. The molecule has 2 heterocycles. The number of cyclic esters (lactones) is 1. The lowest BCUT2D eigenvalue weighted by molar-refractivity contribution is -0.143. The van der Waals surface area contributed by atoms with Crippen molar-refractivity contribution in [2.45, 2.75) is 67.3 Å². The van der Waals surface area contributed by atoms with Crippen molar-refractivity contribution in [3.63, 3.8) is 0 Å². The minimum atomic E-state index is 0.00760. The zero-order chi connectivity index (χ0) is 15.0. The van der Waals surface area contributed by atoms with Crippen LogP contribution >= 0.6 is 0 Å². The summed E-state index contributed by atoms with van der Waals surface area (Å²) in [6.07, 6.45) is 4.24. The van der Waals surface area contributed by atoms with Gasteiger partial charge in [-0.05, 0) is 42.4 Å². The summed E-state index contributed by atoms with van der Waals surface area (Å²) in [5.74, 6) is 0.00760. The van der Waals surface area contributed by atoms with E-state index in [0.717, 1.165) is 0 Å². The van der Waals surface area contributed by atoms with Crippen LogP contribution in [0.15, 0.2) is 29.2 Å². The van der Waals surface area contributed by atoms with Crippen LogP contribution in [-0.2, 0) is 25.8 Å². The first-order valence-corrected chi connectivity index (χ1v) is 9.28. The molecule has 114 valence electrons. The minimum absolute atomic E-state index is 0.00760. The van der Waals surface area contributed by atoms with Crippen molar-refractivity contribution >= 4 is 16.9 Å². The van der Waals surface area contributed by atoms with Gasteiger partial charge in [-0.25, -0.2) is 0 Å². The van der Waals surface area contributed by atoms with Crippen molar-refractivity contribution in [2.24, 2.45) is 0 Å². The van der Waals surface area contributed by atoms with Crippen LogP contribution in [-0.4, -0.2) is 23.1 Å². The van der Waals surface area contributed by atoms with Gasteiger partial charge in [-0.1, -0.05) is 32.9 Å². The van der Waals surface area contributed by atoms with Crippen LogP contribution in [0.1, 0.15) is 52.0 Å². The molecule has 2 bridgehead atoms. The van der Waals surface area contributed by atoms with E-state index < -0.39 is 0 Å². The molecule has 3 unspecified atom stereocenters. The lowest BCUT2D eigenvalue weighted by Gasteiger charge is -2.27. The number of ether oxygens (including phenoxy) is 1. The van der Waals surface area contributed by atoms with E-state index in [9.17, 15) is 4.79 Å². The van der Waals surface area contributed by atoms with Gasteiger partial charge in [0, 0.05) is 10.9 Å². The summed E-state index contributed by atoms with van der Waals surface area (Å²) in [7, 11) is 0.177. The van der Waals surface area contributed by atoms with E-state index in [4.69, 9.17) is 4.74 Å². The number of hydrogen-bond acceptors (Lipinski definition) is 2. The van der Waals surface area contributed by atoms with E-state index >= 15 is 0 Å². The molecule has 3 heteroatoms. The first kappa shape index (κ1) is 15.0. The van der Waals surface area contributed by atoms with Crippen LogP contribution in [0.25, 0.3) is 0 Å². The fourth-order valence-electron chi connectivity index (χ4n) is 3.38. The highest BCUT2D eigenvalue weighted by Crippen LogP contribution is 2.38. The highest BCUT2D eigenvalue weighted by molar-refractivity contribution is 7.98. The van der Waals surface area contributed by atoms with Crippen molar-refractivity contribution in [3.8, 4) is 0 Å². The van der Waals surface area contributed by atoms with Gasteiger partial charge in [-0.15, -0.1) is 0 Å². The number of benzene rings is 1. The Kier molecular flexibility index (Phi) is 4.04. The predicted octanol–water partition coefficient (Wildman–Crippen LogP) is 3.83. The standard InChI is InChI=1S/C18H25O2S/c1-18(2,3)13-7-9-14(10-8-13)21-15-5-4-6-16(21)12-20-17(19)11-15/h7-10,15-16H,4-6,11-12H2,1-3H3/q+1. The number of fused-ring (bicyclic) bond motifs is 2. The summed E-state index contributed by atoms with van der Waals surface area (Å²) in [6, 6.07) is 9.13. The van der Waals surface area contributed by atoms with Crippen LogP contribution in [0.5, 0.6) is 0 Å². The van der Waals surface area contributed by atoms with Gasteiger partial charge in [0.1, 0.15) is 11.9 Å². The van der Waals surface area contributed by atoms with Crippen LogP contribution in [0.4, 0.5) is 0 Å². The van der Waals surface area contributed by atoms with E-state index in [-0.39, 0.29) is 22.3 Å². The van der Waals surface area contributed by atoms with Crippen LogP contribution in [0.2, 0.25) is 0 Å². The third-order valence-corrected chi connectivity index (χ3v) is 7.61. The minimum Gasteiger partial charge on any atom is -0.460 e. The fraction of sp³-hybridized carbons (Fsp3) is 0.611. The molecule has 3 rings (SSSR count). The van der Waals surface area contributed by atoms with Crippen molar-refractivity contribution < 1.29 is 9.53 Å². The van der Waals surface area contributed by atoms with Crippen LogP contribution in [0.3, 0.4) is 0 Å². The molecule has 2 fully saturated rings. The second-order valence-electron chi connectivity index (χ2n) is 7.21. The maximum Gasteiger partial charge on any atom is 0.311 e. The third-order valence-electron chi connectivity index (χ3n) is 4.59. The number of esters is 1. The van der Waals surface area contributed by atoms with Crippen molar-refractivity contribution in [3.05, 3.63) is 29.8 Å². The normalized spacial score (nSPS) is 29.7. The summed E-state index contributed by atoms with van der Waals surface area (Å²) in [5.41, 5.74) is 1.57. The summed E-state index contributed by atoms with van der Waals surface area (Å²) in [5, 5.41) is 1.04. The first-order valence-electron chi connectivity index (χ1n) is 7.93. The molecule has 1 aromatic carbocycles. The molecule has 0 spiro atoms. The van der Waals surface area contributed by atoms with Gasteiger partial charge in [-0.2, -0.15) is 0 Å². The first-order chi connectivity index (χ1) is 9.95. The van der Waals surface area contributed by atoms with Crippen molar-refractivity contribution in [2.75, 3.05) is 6.61 Å². The SMILES string of the molecule is CC(C)(C)c1ccc([S+]2C3CCCC2CC(=O)OC3)cc1. The van der Waals surface area contributed by atoms with E-state index in [1.807, 2.05) is 0 Å². The van der Waals surface area contributed by atoms with Gasteiger partial charge in [-0.3, -0.25) is 4.79 Å². The Bertz CT molecular complexity index is 515. The fourth-order valence-corrected chi connectivity index (χ4v) is 6.51. The zero-order valence-electron chi connectivity index (χ0n) is 13.2. The Balaban J connectivity index is 1.89. The molecule has 3 atom stereocenters. The quantitative estimate of drug-likeness (QED) is 0.582. The predicted molar refractivity (Wildman–Crippen MR) is 87.8 cm³/mol. The monoisotopic (exact) mass is 305 g/mol. The molecule has 2 nitrogen and oxygen atoms in total. The molecule has 0 amide bonds. The molecule has 2 aliphatic heterocycles. The Hall–Kier alpha value is -0.960. The van der Waals surface area contributed by atoms with Gasteiger partial charge < -0.3 is 4.74 Å². The molecule has 21 heavy (non-hydrogen) atoms. The molecular formula is C18H25O2S+. The lowest BCUT2D eigenvalue weighted by Crippen LogP contribution is -2.37. The molecule has 0 saturated carbocycles.